The summed E-state index contributed by atoms with van der Waals surface area (Å²) in [7, 11) is 0. The van der Waals surface area contributed by atoms with Crippen molar-refractivity contribution in [3.63, 3.8) is 0 Å². The van der Waals surface area contributed by atoms with Crippen LogP contribution in [0.3, 0.4) is 0 Å². The first-order chi connectivity index (χ1) is 5.91. The molecule has 0 saturated heterocycles. The minimum atomic E-state index is 0. The van der Waals surface area contributed by atoms with Crippen LogP contribution in [-0.4, -0.2) is 53.0 Å². The van der Waals surface area contributed by atoms with Gasteiger partial charge in [0, 0.05) is 42.8 Å². The quantitative estimate of drug-likeness (QED) is 0.436. The van der Waals surface area contributed by atoms with Gasteiger partial charge < -0.3 is 10.2 Å². The Balaban J connectivity index is 0. The van der Waals surface area contributed by atoms with Crippen LogP contribution in [0.5, 0.6) is 0 Å². The van der Waals surface area contributed by atoms with E-state index in [0.717, 1.165) is 25.7 Å². The minimum Gasteiger partial charge on any atom is -0.396 e. The Morgan fingerprint density at radius 2 is 0.692 bits per heavy atom. The molecule has 0 unspecified atom stereocenters. The number of aliphatic hydroxyl groups excluding tert-OH is 2. The van der Waals surface area contributed by atoms with Gasteiger partial charge in [0.25, 0.3) is 0 Å². The Labute approximate surface area is 104 Å². The molecular formula is C10H22NaO2. The Hall–Kier alpha value is 0.920. The fraction of sp³-hybridized carbons (Fsp3) is 1.00. The molecular weight excluding hydrogens is 175 g/mol. The van der Waals surface area contributed by atoms with Crippen LogP contribution >= 0.6 is 0 Å². The summed E-state index contributed by atoms with van der Waals surface area (Å²) < 4.78 is 0. The molecule has 0 atom stereocenters. The zero-order valence-corrected chi connectivity index (χ0v) is 11.0. The van der Waals surface area contributed by atoms with Crippen LogP contribution in [0.15, 0.2) is 0 Å². The van der Waals surface area contributed by atoms with Gasteiger partial charge in [-0.3, -0.25) is 0 Å². The van der Waals surface area contributed by atoms with Crippen molar-refractivity contribution in [1.82, 2.24) is 0 Å². The maximum atomic E-state index is 8.51. The SMILES string of the molecule is OCCCCCCCCCCO.[Na]. The topological polar surface area (TPSA) is 40.5 Å². The number of hydrogen-bond acceptors (Lipinski definition) is 2. The predicted molar refractivity (Wildman–Crippen MR) is 56.9 cm³/mol. The van der Waals surface area contributed by atoms with E-state index in [4.69, 9.17) is 10.2 Å². The first kappa shape index (κ1) is 16.4. The molecule has 3 heteroatoms. The third-order valence-corrected chi connectivity index (χ3v) is 2.07. The van der Waals surface area contributed by atoms with E-state index < -0.39 is 0 Å². The number of aliphatic hydroxyl groups is 2. The smallest absolute Gasteiger partial charge is 0.0431 e. The summed E-state index contributed by atoms with van der Waals surface area (Å²) in [5.74, 6) is 0. The summed E-state index contributed by atoms with van der Waals surface area (Å²) in [6.45, 7) is 0.676. The molecule has 0 amide bonds. The molecule has 1 radical (unpaired) electrons. The van der Waals surface area contributed by atoms with Gasteiger partial charge in [-0.05, 0) is 12.8 Å². The molecule has 2 nitrogen and oxygen atoms in total. The Morgan fingerprint density at radius 3 is 0.923 bits per heavy atom. The third kappa shape index (κ3) is 15.7. The van der Waals surface area contributed by atoms with Gasteiger partial charge in [0.15, 0.2) is 0 Å². The molecule has 0 aromatic heterocycles. The van der Waals surface area contributed by atoms with Gasteiger partial charge >= 0.3 is 0 Å². The van der Waals surface area contributed by atoms with Crippen molar-refractivity contribution in [3.8, 4) is 0 Å². The zero-order chi connectivity index (χ0) is 9.07. The average Bonchev–Trinajstić information content (AvgIpc) is 2.10. The molecule has 0 aliphatic rings. The molecule has 0 spiro atoms. The summed E-state index contributed by atoms with van der Waals surface area (Å²) in [6.07, 6.45) is 9.30. The van der Waals surface area contributed by atoms with E-state index >= 15 is 0 Å². The molecule has 0 aromatic rings. The van der Waals surface area contributed by atoms with Crippen molar-refractivity contribution in [1.29, 1.82) is 0 Å². The third-order valence-electron chi connectivity index (χ3n) is 2.07. The van der Waals surface area contributed by atoms with E-state index in [1.54, 1.807) is 0 Å². The van der Waals surface area contributed by atoms with Crippen LogP contribution in [0.4, 0.5) is 0 Å². The summed E-state index contributed by atoms with van der Waals surface area (Å²) in [4.78, 5) is 0. The monoisotopic (exact) mass is 197 g/mol. The second-order valence-corrected chi connectivity index (χ2v) is 3.28. The molecule has 0 heterocycles. The van der Waals surface area contributed by atoms with Crippen LogP contribution in [0.2, 0.25) is 0 Å². The van der Waals surface area contributed by atoms with Crippen LogP contribution in [0.1, 0.15) is 51.4 Å². The van der Waals surface area contributed by atoms with Gasteiger partial charge in [-0.25, -0.2) is 0 Å². The predicted octanol–water partition coefficient (Wildman–Crippen LogP) is 1.71. The number of unbranched alkanes of at least 4 members (excludes halogenated alkanes) is 7. The van der Waals surface area contributed by atoms with Crippen molar-refractivity contribution >= 4 is 29.6 Å². The van der Waals surface area contributed by atoms with E-state index in [1.165, 1.54) is 25.7 Å². The van der Waals surface area contributed by atoms with Crippen LogP contribution in [-0.2, 0) is 0 Å². The van der Waals surface area contributed by atoms with E-state index in [-0.39, 0.29) is 29.6 Å². The normalized spacial score (nSPS) is 9.69. The summed E-state index contributed by atoms with van der Waals surface area (Å²) in [5.41, 5.74) is 0. The number of rotatable bonds is 9. The van der Waals surface area contributed by atoms with E-state index in [1.807, 2.05) is 0 Å². The van der Waals surface area contributed by atoms with Gasteiger partial charge in [0.05, 0.1) is 0 Å². The molecule has 0 fully saturated rings. The van der Waals surface area contributed by atoms with Gasteiger partial charge in [-0.15, -0.1) is 0 Å². The molecule has 0 aromatic carbocycles. The van der Waals surface area contributed by atoms with Crippen molar-refractivity contribution in [2.75, 3.05) is 13.2 Å². The van der Waals surface area contributed by atoms with Gasteiger partial charge in [0.1, 0.15) is 0 Å². The maximum Gasteiger partial charge on any atom is 0.0431 e. The maximum absolute atomic E-state index is 8.51. The molecule has 0 rings (SSSR count). The summed E-state index contributed by atoms with van der Waals surface area (Å²) in [5, 5.41) is 17.0. The molecule has 13 heavy (non-hydrogen) atoms. The van der Waals surface area contributed by atoms with Gasteiger partial charge in [-0.1, -0.05) is 38.5 Å². The van der Waals surface area contributed by atoms with Crippen LogP contribution < -0.4 is 0 Å². The second-order valence-electron chi connectivity index (χ2n) is 3.28. The van der Waals surface area contributed by atoms with Crippen LogP contribution in [0, 0.1) is 0 Å². The fourth-order valence-corrected chi connectivity index (χ4v) is 1.28. The van der Waals surface area contributed by atoms with Crippen LogP contribution in [0.25, 0.3) is 0 Å². The van der Waals surface area contributed by atoms with E-state index in [9.17, 15) is 0 Å². The molecule has 0 aliphatic heterocycles. The minimum absolute atomic E-state index is 0. The fourth-order valence-electron chi connectivity index (χ4n) is 1.28. The van der Waals surface area contributed by atoms with Gasteiger partial charge in [-0.2, -0.15) is 0 Å². The Morgan fingerprint density at radius 1 is 0.462 bits per heavy atom. The summed E-state index contributed by atoms with van der Waals surface area (Å²) in [6, 6.07) is 0. The summed E-state index contributed by atoms with van der Waals surface area (Å²) >= 11 is 0. The van der Waals surface area contributed by atoms with Crippen molar-refractivity contribution in [2.24, 2.45) is 0 Å². The zero-order valence-electron chi connectivity index (χ0n) is 8.97. The van der Waals surface area contributed by atoms with Crippen molar-refractivity contribution in [2.45, 2.75) is 51.4 Å². The first-order valence-corrected chi connectivity index (χ1v) is 5.13. The Kier molecular flexibility index (Phi) is 19.4. The molecule has 0 aliphatic carbocycles. The van der Waals surface area contributed by atoms with Crippen molar-refractivity contribution < 1.29 is 10.2 Å². The largest absolute Gasteiger partial charge is 0.396 e. The molecule has 0 saturated carbocycles. The second kappa shape index (κ2) is 15.4. The standard InChI is InChI=1S/C10H22O2.Na/c11-9-7-5-3-1-2-4-6-8-10-12;/h11-12H,1-10H2;. The number of hydrogen-bond donors (Lipinski definition) is 2. The molecule has 2 N–H and O–H groups in total. The van der Waals surface area contributed by atoms with E-state index in [0.29, 0.717) is 13.2 Å². The molecule has 75 valence electrons. The average molecular weight is 197 g/mol. The first-order valence-electron chi connectivity index (χ1n) is 5.13. The van der Waals surface area contributed by atoms with E-state index in [2.05, 4.69) is 0 Å². The van der Waals surface area contributed by atoms with Gasteiger partial charge in [0.2, 0.25) is 0 Å². The molecule has 0 bridgehead atoms. The van der Waals surface area contributed by atoms with Crippen molar-refractivity contribution in [3.05, 3.63) is 0 Å². The Bertz CT molecular complexity index is 69.3.